The summed E-state index contributed by atoms with van der Waals surface area (Å²) in [6.07, 6.45) is 0.324. The SMILES string of the molecule is O=C(O)C1=C(Cc2ccc([N+](=O)[O-])cc2)S[C@@H]2[C@@H](Br)C(=O)N12. The molecule has 1 aromatic carbocycles. The first kappa shape index (κ1) is 15.0. The van der Waals surface area contributed by atoms with Crippen LogP contribution < -0.4 is 0 Å². The Bertz CT molecular complexity index is 718. The molecule has 114 valence electrons. The number of carboxylic acids is 1. The molecular weight excluding hydrogens is 376 g/mol. The summed E-state index contributed by atoms with van der Waals surface area (Å²) in [5, 5.41) is 19.7. The van der Waals surface area contributed by atoms with Crippen molar-refractivity contribution >= 4 is 45.3 Å². The lowest BCUT2D eigenvalue weighted by atomic mass is 10.1. The van der Waals surface area contributed by atoms with Crippen LogP contribution in [-0.2, 0) is 16.0 Å². The van der Waals surface area contributed by atoms with Crippen molar-refractivity contribution in [3.8, 4) is 0 Å². The first-order valence-electron chi connectivity index (χ1n) is 6.23. The summed E-state index contributed by atoms with van der Waals surface area (Å²) in [5.41, 5.74) is 0.747. The molecule has 2 aliphatic heterocycles. The van der Waals surface area contributed by atoms with Gasteiger partial charge in [0.05, 0.1) is 4.92 Å². The van der Waals surface area contributed by atoms with E-state index in [0.717, 1.165) is 5.56 Å². The number of nitrogens with zero attached hydrogens (tertiary/aromatic N) is 2. The van der Waals surface area contributed by atoms with E-state index in [1.54, 1.807) is 12.1 Å². The van der Waals surface area contributed by atoms with Gasteiger partial charge in [-0.1, -0.05) is 28.1 Å². The number of aliphatic carboxylic acids is 1. The van der Waals surface area contributed by atoms with Gasteiger partial charge in [-0.15, -0.1) is 11.8 Å². The van der Waals surface area contributed by atoms with E-state index in [1.165, 1.54) is 28.8 Å². The molecule has 1 saturated heterocycles. The molecule has 1 aromatic rings. The predicted molar refractivity (Wildman–Crippen MR) is 82.4 cm³/mol. The highest BCUT2D eigenvalue weighted by Gasteiger charge is 2.54. The van der Waals surface area contributed by atoms with Gasteiger partial charge < -0.3 is 5.11 Å². The normalized spacial score (nSPS) is 23.3. The molecule has 22 heavy (non-hydrogen) atoms. The number of hydrogen-bond acceptors (Lipinski definition) is 5. The number of fused-ring (bicyclic) bond motifs is 1. The van der Waals surface area contributed by atoms with Crippen LogP contribution in [0.4, 0.5) is 5.69 Å². The van der Waals surface area contributed by atoms with Crippen LogP contribution in [-0.4, -0.2) is 37.0 Å². The number of nitro benzene ring substituents is 1. The molecule has 1 fully saturated rings. The maximum atomic E-state index is 11.8. The fourth-order valence-corrected chi connectivity index (χ4v) is 4.55. The monoisotopic (exact) mass is 384 g/mol. The molecule has 2 atom stereocenters. The molecule has 0 aliphatic carbocycles. The van der Waals surface area contributed by atoms with Crippen LogP contribution in [0.5, 0.6) is 0 Å². The third kappa shape index (κ3) is 2.30. The fraction of sp³-hybridized carbons (Fsp3) is 0.231. The Labute approximate surface area is 137 Å². The van der Waals surface area contributed by atoms with E-state index in [9.17, 15) is 24.8 Å². The van der Waals surface area contributed by atoms with E-state index >= 15 is 0 Å². The molecule has 7 nitrogen and oxygen atoms in total. The highest BCUT2D eigenvalue weighted by Crippen LogP contribution is 2.49. The number of thioether (sulfide) groups is 1. The molecule has 0 aromatic heterocycles. The zero-order valence-electron chi connectivity index (χ0n) is 10.9. The predicted octanol–water partition coefficient (Wildman–Crippen LogP) is 2.11. The van der Waals surface area contributed by atoms with Crippen LogP contribution in [0.15, 0.2) is 34.9 Å². The number of carboxylic acid groups (broad SMARTS) is 1. The van der Waals surface area contributed by atoms with Crippen molar-refractivity contribution in [3.05, 3.63) is 50.5 Å². The number of carbonyl (C=O) groups is 2. The van der Waals surface area contributed by atoms with Crippen molar-refractivity contribution in [1.82, 2.24) is 4.90 Å². The second-order valence-electron chi connectivity index (χ2n) is 4.80. The molecular formula is C13H9BrN2O5S. The van der Waals surface area contributed by atoms with Crippen LogP contribution in [0.2, 0.25) is 0 Å². The first-order valence-corrected chi connectivity index (χ1v) is 8.03. The number of non-ortho nitro benzene ring substituents is 1. The molecule has 0 saturated carbocycles. The number of halogens is 1. The Morgan fingerprint density at radius 3 is 2.59 bits per heavy atom. The number of hydrogen-bond donors (Lipinski definition) is 1. The van der Waals surface area contributed by atoms with Crippen molar-refractivity contribution in [2.45, 2.75) is 16.6 Å². The minimum atomic E-state index is -1.14. The average molecular weight is 385 g/mol. The van der Waals surface area contributed by atoms with Gasteiger partial charge in [0.1, 0.15) is 15.9 Å². The Kier molecular flexibility index (Phi) is 3.69. The molecule has 3 rings (SSSR count). The summed E-state index contributed by atoms with van der Waals surface area (Å²) in [6, 6.07) is 5.94. The van der Waals surface area contributed by atoms with Crippen molar-refractivity contribution < 1.29 is 19.6 Å². The van der Waals surface area contributed by atoms with Crippen molar-refractivity contribution in [2.75, 3.05) is 0 Å². The Morgan fingerprint density at radius 1 is 1.41 bits per heavy atom. The number of amides is 1. The zero-order chi connectivity index (χ0) is 16.0. The van der Waals surface area contributed by atoms with E-state index < -0.39 is 10.9 Å². The minimum absolute atomic E-state index is 0.00838. The summed E-state index contributed by atoms with van der Waals surface area (Å²) in [7, 11) is 0. The number of carbonyl (C=O) groups excluding carboxylic acids is 1. The number of nitro groups is 1. The van der Waals surface area contributed by atoms with Gasteiger partial charge in [-0.05, 0) is 5.56 Å². The molecule has 9 heteroatoms. The lowest BCUT2D eigenvalue weighted by Gasteiger charge is -2.38. The maximum absolute atomic E-state index is 11.8. The second kappa shape index (κ2) is 5.40. The van der Waals surface area contributed by atoms with Crippen molar-refractivity contribution in [2.24, 2.45) is 0 Å². The fourth-order valence-electron chi connectivity index (χ4n) is 2.38. The van der Waals surface area contributed by atoms with Crippen LogP contribution in [0.25, 0.3) is 0 Å². The highest BCUT2D eigenvalue weighted by atomic mass is 79.9. The van der Waals surface area contributed by atoms with Crippen molar-refractivity contribution in [3.63, 3.8) is 0 Å². The zero-order valence-corrected chi connectivity index (χ0v) is 13.3. The largest absolute Gasteiger partial charge is 0.477 e. The summed E-state index contributed by atoms with van der Waals surface area (Å²) in [6.45, 7) is 0. The maximum Gasteiger partial charge on any atom is 0.353 e. The van der Waals surface area contributed by atoms with E-state index in [4.69, 9.17) is 0 Å². The van der Waals surface area contributed by atoms with Gasteiger partial charge in [-0.2, -0.15) is 0 Å². The van der Waals surface area contributed by atoms with Crippen LogP contribution in [0, 0.1) is 10.1 Å². The minimum Gasteiger partial charge on any atom is -0.477 e. The number of alkyl halides is 1. The van der Waals surface area contributed by atoms with E-state index in [1.807, 2.05) is 0 Å². The number of rotatable bonds is 4. The lowest BCUT2D eigenvalue weighted by molar-refractivity contribution is -0.384. The van der Waals surface area contributed by atoms with E-state index in [0.29, 0.717) is 11.3 Å². The summed E-state index contributed by atoms with van der Waals surface area (Å²) >= 11 is 4.58. The summed E-state index contributed by atoms with van der Waals surface area (Å²) in [4.78, 5) is 34.8. The number of benzene rings is 1. The Morgan fingerprint density at radius 2 is 2.05 bits per heavy atom. The smallest absolute Gasteiger partial charge is 0.353 e. The van der Waals surface area contributed by atoms with Crippen LogP contribution in [0.3, 0.4) is 0 Å². The van der Waals surface area contributed by atoms with Gasteiger partial charge in [0.2, 0.25) is 5.91 Å². The topological polar surface area (TPSA) is 101 Å². The molecule has 0 unspecified atom stereocenters. The Hall–Kier alpha value is -1.87. The molecule has 1 N–H and O–H groups in total. The standard InChI is InChI=1S/C13H9BrN2O5S/c14-9-11(17)15-10(13(18)19)8(22-12(9)15)5-6-1-3-7(4-2-6)16(20)21/h1-4,9,12H,5H2,(H,18,19)/t9-,12+/m0/s1. The van der Waals surface area contributed by atoms with Gasteiger partial charge in [-0.25, -0.2) is 4.79 Å². The molecule has 2 heterocycles. The van der Waals surface area contributed by atoms with E-state index in [2.05, 4.69) is 15.9 Å². The van der Waals surface area contributed by atoms with Gasteiger partial charge in [0, 0.05) is 23.5 Å². The molecule has 0 bridgehead atoms. The summed E-state index contributed by atoms with van der Waals surface area (Å²) < 4.78 is 0. The molecule has 1 amide bonds. The van der Waals surface area contributed by atoms with Gasteiger partial charge in [-0.3, -0.25) is 19.8 Å². The lowest BCUT2D eigenvalue weighted by Crippen LogP contribution is -2.58. The van der Waals surface area contributed by atoms with Gasteiger partial charge in [0.15, 0.2) is 0 Å². The highest BCUT2D eigenvalue weighted by molar-refractivity contribution is 9.10. The van der Waals surface area contributed by atoms with Gasteiger partial charge in [0.25, 0.3) is 5.69 Å². The quantitative estimate of drug-likeness (QED) is 0.369. The van der Waals surface area contributed by atoms with Crippen LogP contribution >= 0.6 is 27.7 Å². The molecule has 0 radical (unpaired) electrons. The van der Waals surface area contributed by atoms with Crippen molar-refractivity contribution in [1.29, 1.82) is 0 Å². The third-order valence-electron chi connectivity index (χ3n) is 3.46. The summed E-state index contributed by atoms with van der Waals surface area (Å²) in [5.74, 6) is -1.40. The Balaban J connectivity index is 1.86. The number of β-lactam (4-membered cyclic amide) rings is 1. The van der Waals surface area contributed by atoms with Crippen LogP contribution in [0.1, 0.15) is 5.56 Å². The second-order valence-corrected chi connectivity index (χ2v) is 6.99. The average Bonchev–Trinajstić information content (AvgIpc) is 2.83. The third-order valence-corrected chi connectivity index (χ3v) is 6.05. The van der Waals surface area contributed by atoms with Gasteiger partial charge >= 0.3 is 5.97 Å². The van der Waals surface area contributed by atoms with E-state index in [-0.39, 0.29) is 27.5 Å². The molecule has 0 spiro atoms. The first-order chi connectivity index (χ1) is 10.4. The number of allylic oxidation sites excluding steroid dienone is 1. The molecule has 2 aliphatic rings.